The Balaban J connectivity index is 1.70. The molecule has 130 valence electrons. The van der Waals surface area contributed by atoms with E-state index in [1.165, 1.54) is 16.5 Å². The van der Waals surface area contributed by atoms with Gasteiger partial charge < -0.3 is 20.3 Å². The first kappa shape index (κ1) is 16.2. The van der Waals surface area contributed by atoms with Crippen molar-refractivity contribution in [3.63, 3.8) is 0 Å². The summed E-state index contributed by atoms with van der Waals surface area (Å²) in [6, 6.07) is 16.7. The van der Waals surface area contributed by atoms with Gasteiger partial charge in [0.1, 0.15) is 0 Å². The third-order valence-corrected chi connectivity index (χ3v) is 5.36. The van der Waals surface area contributed by atoms with E-state index in [0.717, 1.165) is 43.9 Å². The van der Waals surface area contributed by atoms with Crippen LogP contribution in [0.4, 0.5) is 5.69 Å². The molecule has 0 unspecified atom stereocenters. The molecule has 1 fully saturated rings. The molecule has 2 heterocycles. The van der Waals surface area contributed by atoms with Gasteiger partial charge in [0.2, 0.25) is 0 Å². The van der Waals surface area contributed by atoms with Crippen LogP contribution in [0.3, 0.4) is 0 Å². The van der Waals surface area contributed by atoms with Crippen LogP contribution in [0.1, 0.15) is 24.3 Å². The number of fused-ring (bicyclic) bond motifs is 1. The maximum absolute atomic E-state index is 9.14. The van der Waals surface area contributed by atoms with Crippen LogP contribution in [0.5, 0.6) is 0 Å². The Labute approximate surface area is 148 Å². The van der Waals surface area contributed by atoms with Gasteiger partial charge in [-0.2, -0.15) is 0 Å². The van der Waals surface area contributed by atoms with Crippen LogP contribution in [0.25, 0.3) is 16.6 Å². The molecular formula is C21H25N3O. The quantitative estimate of drug-likeness (QED) is 0.719. The molecule has 0 spiro atoms. The molecule has 1 aromatic heterocycles. The monoisotopic (exact) mass is 335 g/mol. The van der Waals surface area contributed by atoms with Gasteiger partial charge in [0.25, 0.3) is 0 Å². The number of rotatable bonds is 4. The lowest BCUT2D eigenvalue weighted by Crippen LogP contribution is -2.34. The third-order valence-electron chi connectivity index (χ3n) is 5.36. The summed E-state index contributed by atoms with van der Waals surface area (Å²) in [6.07, 6.45) is 4.61. The minimum absolute atomic E-state index is 0.251. The molecule has 3 N–H and O–H groups in total. The van der Waals surface area contributed by atoms with E-state index in [4.69, 9.17) is 10.8 Å². The van der Waals surface area contributed by atoms with Crippen LogP contribution < -0.4 is 5.73 Å². The number of nitrogens with two attached hydrogens (primary N) is 1. The van der Waals surface area contributed by atoms with E-state index in [-0.39, 0.29) is 6.61 Å². The van der Waals surface area contributed by atoms with Gasteiger partial charge in [-0.1, -0.05) is 18.2 Å². The maximum atomic E-state index is 9.14. The summed E-state index contributed by atoms with van der Waals surface area (Å²) in [4.78, 5) is 2.36. The number of nitrogens with zero attached hydrogens (tertiary/aromatic N) is 2. The smallest absolute Gasteiger partial charge is 0.0558 e. The number of para-hydroxylation sites is 1. The highest BCUT2D eigenvalue weighted by Crippen LogP contribution is 2.35. The Morgan fingerprint density at radius 1 is 1.00 bits per heavy atom. The molecule has 4 rings (SSSR count). The lowest BCUT2D eigenvalue weighted by Gasteiger charge is -2.31. The molecule has 1 aliphatic rings. The summed E-state index contributed by atoms with van der Waals surface area (Å²) in [5, 5.41) is 10.5. The summed E-state index contributed by atoms with van der Waals surface area (Å²) in [7, 11) is 0. The molecule has 2 aromatic carbocycles. The lowest BCUT2D eigenvalue weighted by atomic mass is 9.89. The second kappa shape index (κ2) is 6.90. The van der Waals surface area contributed by atoms with E-state index in [1.807, 2.05) is 12.1 Å². The minimum atomic E-state index is 0.251. The highest BCUT2D eigenvalue weighted by molar-refractivity contribution is 5.86. The van der Waals surface area contributed by atoms with Crippen LogP contribution in [0, 0.1) is 0 Å². The van der Waals surface area contributed by atoms with Crippen LogP contribution in [-0.2, 0) is 0 Å². The van der Waals surface area contributed by atoms with E-state index in [9.17, 15) is 0 Å². The highest BCUT2D eigenvalue weighted by Gasteiger charge is 2.23. The Hall–Kier alpha value is -2.30. The highest BCUT2D eigenvalue weighted by atomic mass is 16.3. The van der Waals surface area contributed by atoms with Crippen LogP contribution in [-0.4, -0.2) is 40.8 Å². The summed E-state index contributed by atoms with van der Waals surface area (Å²) in [5.41, 5.74) is 10.5. The Morgan fingerprint density at radius 3 is 2.44 bits per heavy atom. The molecule has 25 heavy (non-hydrogen) atoms. The van der Waals surface area contributed by atoms with E-state index in [1.54, 1.807) is 0 Å². The normalized spacial score (nSPS) is 16.5. The first-order chi connectivity index (χ1) is 12.3. The number of piperidine rings is 1. The molecule has 3 aromatic rings. The van der Waals surface area contributed by atoms with Gasteiger partial charge in [-0.25, -0.2) is 0 Å². The van der Waals surface area contributed by atoms with E-state index >= 15 is 0 Å². The lowest BCUT2D eigenvalue weighted by molar-refractivity contribution is 0.164. The number of hydrogen-bond acceptors (Lipinski definition) is 3. The molecule has 0 amide bonds. The summed E-state index contributed by atoms with van der Waals surface area (Å²) in [6.45, 7) is 3.17. The SMILES string of the molecule is Nc1ccc(-n2cc(C3CCN(CCO)CC3)c3ccccc32)cc1. The predicted octanol–water partition coefficient (Wildman–Crippen LogP) is 3.38. The molecule has 0 bridgehead atoms. The van der Waals surface area contributed by atoms with Gasteiger partial charge in [0, 0.05) is 29.5 Å². The molecule has 0 radical (unpaired) electrons. The molecule has 0 atom stereocenters. The van der Waals surface area contributed by atoms with Gasteiger partial charge in [-0.05, 0) is 67.7 Å². The summed E-state index contributed by atoms with van der Waals surface area (Å²) >= 11 is 0. The number of benzene rings is 2. The molecule has 0 aliphatic carbocycles. The predicted molar refractivity (Wildman–Crippen MR) is 103 cm³/mol. The second-order valence-corrected chi connectivity index (χ2v) is 6.90. The topological polar surface area (TPSA) is 54.4 Å². The van der Waals surface area contributed by atoms with Crippen molar-refractivity contribution in [1.82, 2.24) is 9.47 Å². The zero-order valence-electron chi connectivity index (χ0n) is 14.4. The van der Waals surface area contributed by atoms with Crippen molar-refractivity contribution in [2.45, 2.75) is 18.8 Å². The molecule has 1 aliphatic heterocycles. The van der Waals surface area contributed by atoms with Crippen molar-refractivity contribution in [3.05, 3.63) is 60.3 Å². The number of hydrogen-bond donors (Lipinski definition) is 2. The largest absolute Gasteiger partial charge is 0.399 e. The zero-order valence-corrected chi connectivity index (χ0v) is 14.4. The van der Waals surface area contributed by atoms with Crippen molar-refractivity contribution < 1.29 is 5.11 Å². The van der Waals surface area contributed by atoms with Crippen molar-refractivity contribution in [2.75, 3.05) is 32.0 Å². The molecule has 4 heteroatoms. The molecule has 1 saturated heterocycles. The average molecular weight is 335 g/mol. The van der Waals surface area contributed by atoms with E-state index in [0.29, 0.717) is 5.92 Å². The minimum Gasteiger partial charge on any atom is -0.399 e. The second-order valence-electron chi connectivity index (χ2n) is 6.90. The van der Waals surface area contributed by atoms with Crippen molar-refractivity contribution >= 4 is 16.6 Å². The number of nitrogen functional groups attached to an aromatic ring is 1. The fourth-order valence-electron chi connectivity index (χ4n) is 3.99. The maximum Gasteiger partial charge on any atom is 0.0558 e. The van der Waals surface area contributed by atoms with Crippen LogP contribution in [0.2, 0.25) is 0 Å². The van der Waals surface area contributed by atoms with Gasteiger partial charge in [-0.15, -0.1) is 0 Å². The van der Waals surface area contributed by atoms with Gasteiger partial charge in [0.15, 0.2) is 0 Å². The molecule has 0 saturated carbocycles. The van der Waals surface area contributed by atoms with Crippen molar-refractivity contribution in [1.29, 1.82) is 0 Å². The number of aliphatic hydroxyl groups is 1. The number of likely N-dealkylation sites (tertiary alicyclic amines) is 1. The fraction of sp³-hybridized carbons (Fsp3) is 0.333. The van der Waals surface area contributed by atoms with Crippen LogP contribution >= 0.6 is 0 Å². The van der Waals surface area contributed by atoms with Gasteiger partial charge in [0.05, 0.1) is 12.1 Å². The number of anilines is 1. The van der Waals surface area contributed by atoms with Crippen molar-refractivity contribution in [2.24, 2.45) is 0 Å². The van der Waals surface area contributed by atoms with Gasteiger partial charge >= 0.3 is 0 Å². The number of β-amino-alcohol motifs (C(OH)–C–C–N with tert-alkyl or cyclic N) is 1. The Morgan fingerprint density at radius 2 is 1.72 bits per heavy atom. The number of aromatic nitrogens is 1. The summed E-state index contributed by atoms with van der Waals surface area (Å²) < 4.78 is 2.28. The number of aliphatic hydroxyl groups excluding tert-OH is 1. The first-order valence-electron chi connectivity index (χ1n) is 9.05. The third kappa shape index (κ3) is 3.15. The standard InChI is InChI=1S/C21H25N3O/c22-17-5-7-18(8-6-17)24-15-20(19-3-1-2-4-21(19)24)16-9-11-23(12-10-16)13-14-25/h1-8,15-16,25H,9-14,22H2. The van der Waals surface area contributed by atoms with E-state index < -0.39 is 0 Å². The zero-order chi connectivity index (χ0) is 17.2. The first-order valence-corrected chi connectivity index (χ1v) is 9.05. The Kier molecular flexibility index (Phi) is 4.47. The van der Waals surface area contributed by atoms with Crippen LogP contribution in [0.15, 0.2) is 54.7 Å². The van der Waals surface area contributed by atoms with Gasteiger partial charge in [-0.3, -0.25) is 0 Å². The van der Waals surface area contributed by atoms with E-state index in [2.05, 4.69) is 52.1 Å². The fourth-order valence-corrected chi connectivity index (χ4v) is 3.99. The molecule has 4 nitrogen and oxygen atoms in total. The Bertz CT molecular complexity index is 845. The van der Waals surface area contributed by atoms with Crippen molar-refractivity contribution in [3.8, 4) is 5.69 Å². The average Bonchev–Trinajstić information content (AvgIpc) is 3.03. The summed E-state index contributed by atoms with van der Waals surface area (Å²) in [5.74, 6) is 0.579. The molecular weight excluding hydrogens is 310 g/mol.